The molecule has 0 aliphatic carbocycles. The Morgan fingerprint density at radius 3 is 2.58 bits per heavy atom. The first-order valence-electron chi connectivity index (χ1n) is 7.87. The number of nitrogens with zero attached hydrogens (tertiary/aromatic N) is 1. The summed E-state index contributed by atoms with van der Waals surface area (Å²) in [5, 5.41) is 0. The van der Waals surface area contributed by atoms with Gasteiger partial charge in [-0.2, -0.15) is 4.31 Å². The van der Waals surface area contributed by atoms with Gasteiger partial charge in [-0.1, -0.05) is 19.1 Å². The zero-order valence-electron chi connectivity index (χ0n) is 14.0. The van der Waals surface area contributed by atoms with Crippen molar-refractivity contribution in [2.75, 3.05) is 19.7 Å². The first kappa shape index (κ1) is 17.3. The molecule has 24 heavy (non-hydrogen) atoms. The predicted octanol–water partition coefficient (Wildman–Crippen LogP) is 3.22. The van der Waals surface area contributed by atoms with Gasteiger partial charge in [0.15, 0.2) is 11.5 Å². The second kappa shape index (κ2) is 6.74. The van der Waals surface area contributed by atoms with E-state index in [1.807, 2.05) is 45.0 Å². The first-order valence-corrected chi connectivity index (χ1v) is 10.1. The Bertz CT molecular complexity index is 829. The van der Waals surface area contributed by atoms with Crippen LogP contribution in [0.5, 0.6) is 11.5 Å². The highest BCUT2D eigenvalue weighted by Gasteiger charge is 2.31. The molecule has 1 unspecified atom stereocenters. The molecule has 0 saturated heterocycles. The van der Waals surface area contributed by atoms with Crippen LogP contribution in [-0.4, -0.2) is 38.5 Å². The zero-order chi connectivity index (χ0) is 17.3. The van der Waals surface area contributed by atoms with Crippen molar-refractivity contribution in [3.63, 3.8) is 0 Å². The van der Waals surface area contributed by atoms with Crippen LogP contribution in [0.1, 0.15) is 16.7 Å². The number of rotatable bonds is 5. The second-order valence-electron chi connectivity index (χ2n) is 5.73. The van der Waals surface area contributed by atoms with E-state index < -0.39 is 10.0 Å². The molecule has 1 aromatic carbocycles. The van der Waals surface area contributed by atoms with Crippen molar-refractivity contribution in [1.82, 2.24) is 4.31 Å². The molecule has 1 aliphatic heterocycles. The van der Waals surface area contributed by atoms with Crippen molar-refractivity contribution in [2.24, 2.45) is 0 Å². The van der Waals surface area contributed by atoms with Gasteiger partial charge in [-0.25, -0.2) is 8.42 Å². The third-order valence-corrected chi connectivity index (χ3v) is 7.10. The number of fused-ring (bicyclic) bond motifs is 1. The number of thiophene rings is 1. The first-order chi connectivity index (χ1) is 11.4. The highest BCUT2D eigenvalue weighted by atomic mass is 32.2. The normalized spacial score (nSPS) is 17.2. The molecule has 1 aliphatic rings. The molecule has 2 aromatic rings. The van der Waals surface area contributed by atoms with E-state index in [0.29, 0.717) is 29.5 Å². The molecule has 0 N–H and O–H groups in total. The van der Waals surface area contributed by atoms with Gasteiger partial charge in [0.2, 0.25) is 10.0 Å². The van der Waals surface area contributed by atoms with Crippen LogP contribution < -0.4 is 9.47 Å². The van der Waals surface area contributed by atoms with Gasteiger partial charge in [-0.15, -0.1) is 11.3 Å². The lowest BCUT2D eigenvalue weighted by Crippen LogP contribution is -2.43. The average Bonchev–Trinajstić information content (AvgIpc) is 2.91. The fourth-order valence-corrected chi connectivity index (χ4v) is 5.78. The standard InChI is InChI=1S/C17H21NO4S2/c1-4-18(24(19,20)17-9-12(2)23-13(17)3)10-14-11-21-15-7-5-6-8-16(15)22-14/h5-9,14H,4,10-11H2,1-3H3. The fourth-order valence-electron chi connectivity index (χ4n) is 2.78. The summed E-state index contributed by atoms with van der Waals surface area (Å²) in [5.74, 6) is 1.36. The maximum absolute atomic E-state index is 13.0. The van der Waals surface area contributed by atoms with Gasteiger partial charge in [0.25, 0.3) is 0 Å². The van der Waals surface area contributed by atoms with Crippen molar-refractivity contribution < 1.29 is 17.9 Å². The molecule has 0 radical (unpaired) electrons. The molecule has 2 heterocycles. The van der Waals surface area contributed by atoms with Crippen molar-refractivity contribution >= 4 is 21.4 Å². The SMILES string of the molecule is CCN(CC1COc2ccccc2O1)S(=O)(=O)c1cc(C)sc1C. The van der Waals surface area contributed by atoms with E-state index >= 15 is 0 Å². The Balaban J connectivity index is 1.79. The van der Waals surface area contributed by atoms with Gasteiger partial charge >= 0.3 is 0 Å². The van der Waals surface area contributed by atoms with Crippen LogP contribution in [0.2, 0.25) is 0 Å². The summed E-state index contributed by atoms with van der Waals surface area (Å²) in [6.45, 7) is 6.59. The Hall–Kier alpha value is -1.57. The summed E-state index contributed by atoms with van der Waals surface area (Å²) in [4.78, 5) is 2.20. The summed E-state index contributed by atoms with van der Waals surface area (Å²) >= 11 is 1.50. The predicted molar refractivity (Wildman–Crippen MR) is 94.6 cm³/mol. The van der Waals surface area contributed by atoms with Crippen molar-refractivity contribution in [3.8, 4) is 11.5 Å². The summed E-state index contributed by atoms with van der Waals surface area (Å²) in [6, 6.07) is 9.17. The Morgan fingerprint density at radius 1 is 1.25 bits per heavy atom. The smallest absolute Gasteiger partial charge is 0.244 e. The average molecular weight is 367 g/mol. The van der Waals surface area contributed by atoms with Crippen molar-refractivity contribution in [1.29, 1.82) is 0 Å². The summed E-state index contributed by atoms with van der Waals surface area (Å²) in [6.07, 6.45) is -0.324. The molecule has 1 atom stereocenters. The van der Waals surface area contributed by atoms with Gasteiger partial charge in [-0.05, 0) is 32.0 Å². The largest absolute Gasteiger partial charge is 0.486 e. The zero-order valence-corrected chi connectivity index (χ0v) is 15.6. The minimum atomic E-state index is -3.53. The Kier molecular flexibility index (Phi) is 4.85. The van der Waals surface area contributed by atoms with E-state index in [9.17, 15) is 8.42 Å². The Labute approximate surface area is 146 Å². The van der Waals surface area contributed by atoms with Crippen molar-refractivity contribution in [2.45, 2.75) is 31.8 Å². The Morgan fingerprint density at radius 2 is 1.96 bits per heavy atom. The molecular formula is C17H21NO4S2. The van der Waals surface area contributed by atoms with Gasteiger partial charge in [-0.3, -0.25) is 0 Å². The number of hydrogen-bond donors (Lipinski definition) is 0. The highest BCUT2D eigenvalue weighted by Crippen LogP contribution is 2.32. The number of para-hydroxylation sites is 2. The van der Waals surface area contributed by atoms with E-state index in [1.165, 1.54) is 15.6 Å². The van der Waals surface area contributed by atoms with Crippen LogP contribution in [-0.2, 0) is 10.0 Å². The van der Waals surface area contributed by atoms with Gasteiger partial charge in [0.1, 0.15) is 12.7 Å². The number of ether oxygens (including phenoxy) is 2. The van der Waals surface area contributed by atoms with E-state index in [0.717, 1.165) is 9.75 Å². The summed E-state index contributed by atoms with van der Waals surface area (Å²) < 4.78 is 39.0. The molecule has 130 valence electrons. The van der Waals surface area contributed by atoms with Crippen LogP contribution in [0.4, 0.5) is 0 Å². The molecule has 0 amide bonds. The molecule has 3 rings (SSSR count). The molecule has 0 spiro atoms. The molecule has 0 fully saturated rings. The lowest BCUT2D eigenvalue weighted by atomic mass is 10.2. The number of hydrogen-bond acceptors (Lipinski definition) is 5. The van der Waals surface area contributed by atoms with Gasteiger partial charge in [0, 0.05) is 16.3 Å². The third-order valence-electron chi connectivity index (χ3n) is 3.94. The summed E-state index contributed by atoms with van der Waals surface area (Å²) in [5.41, 5.74) is 0. The number of benzene rings is 1. The third kappa shape index (κ3) is 3.29. The van der Waals surface area contributed by atoms with Crippen LogP contribution in [0.15, 0.2) is 35.2 Å². The van der Waals surface area contributed by atoms with Crippen LogP contribution in [0.3, 0.4) is 0 Å². The van der Waals surface area contributed by atoms with Crippen LogP contribution in [0, 0.1) is 13.8 Å². The number of sulfonamides is 1. The molecule has 0 bridgehead atoms. The monoisotopic (exact) mass is 367 g/mol. The lowest BCUT2D eigenvalue weighted by Gasteiger charge is -2.30. The van der Waals surface area contributed by atoms with Crippen LogP contribution in [0.25, 0.3) is 0 Å². The van der Waals surface area contributed by atoms with E-state index in [2.05, 4.69) is 0 Å². The molecule has 5 nitrogen and oxygen atoms in total. The number of likely N-dealkylation sites (N-methyl/N-ethyl adjacent to an activating group) is 1. The second-order valence-corrected chi connectivity index (χ2v) is 9.10. The molecule has 1 aromatic heterocycles. The topological polar surface area (TPSA) is 55.8 Å². The molecule has 0 saturated carbocycles. The minimum Gasteiger partial charge on any atom is -0.486 e. The quantitative estimate of drug-likeness (QED) is 0.814. The fraction of sp³-hybridized carbons (Fsp3) is 0.412. The van der Waals surface area contributed by atoms with E-state index in [1.54, 1.807) is 6.07 Å². The minimum absolute atomic E-state index is 0.265. The maximum Gasteiger partial charge on any atom is 0.244 e. The van der Waals surface area contributed by atoms with Crippen molar-refractivity contribution in [3.05, 3.63) is 40.1 Å². The highest BCUT2D eigenvalue weighted by molar-refractivity contribution is 7.89. The van der Waals surface area contributed by atoms with E-state index in [-0.39, 0.29) is 12.6 Å². The molecule has 7 heteroatoms. The van der Waals surface area contributed by atoms with Gasteiger partial charge < -0.3 is 9.47 Å². The maximum atomic E-state index is 13.0. The lowest BCUT2D eigenvalue weighted by molar-refractivity contribution is 0.0771. The number of aryl methyl sites for hydroxylation is 2. The van der Waals surface area contributed by atoms with E-state index in [4.69, 9.17) is 9.47 Å². The van der Waals surface area contributed by atoms with Gasteiger partial charge in [0.05, 0.1) is 11.4 Å². The summed E-state index contributed by atoms with van der Waals surface area (Å²) in [7, 11) is -3.53. The van der Waals surface area contributed by atoms with Crippen LogP contribution >= 0.6 is 11.3 Å². The molecular weight excluding hydrogens is 346 g/mol.